The average molecular weight is 403 g/mol. The Kier molecular flexibility index (Phi) is 5.16. The van der Waals surface area contributed by atoms with Gasteiger partial charge >= 0.3 is 6.09 Å². The van der Waals surface area contributed by atoms with E-state index in [1.807, 2.05) is 24.0 Å². The van der Waals surface area contributed by atoms with Crippen LogP contribution in [0.15, 0.2) is 18.2 Å². The molecule has 2 amide bonds. The van der Waals surface area contributed by atoms with Gasteiger partial charge in [0.1, 0.15) is 0 Å². The summed E-state index contributed by atoms with van der Waals surface area (Å²) < 4.78 is 1.06. The summed E-state index contributed by atoms with van der Waals surface area (Å²) in [5.74, 6) is 0.0212. The maximum absolute atomic E-state index is 13.1. The van der Waals surface area contributed by atoms with Crippen molar-refractivity contribution in [3.63, 3.8) is 0 Å². The summed E-state index contributed by atoms with van der Waals surface area (Å²) in [5.41, 5.74) is 8.00. The molecule has 2 saturated heterocycles. The molecule has 0 atom stereocenters. The predicted molar refractivity (Wildman–Crippen MR) is 111 cm³/mol. The van der Waals surface area contributed by atoms with Crippen LogP contribution in [0, 0.1) is 6.92 Å². The molecule has 0 aliphatic carbocycles. The van der Waals surface area contributed by atoms with E-state index in [1.165, 1.54) is 16.2 Å². The fraction of sp³-hybridized carbons (Fsp3) is 0.500. The molecule has 2 fully saturated rings. The van der Waals surface area contributed by atoms with Crippen molar-refractivity contribution >= 4 is 38.4 Å². The molecule has 0 radical (unpaired) electrons. The molecule has 4 rings (SSSR count). The number of piperazine rings is 1. The van der Waals surface area contributed by atoms with Crippen LogP contribution >= 0.6 is 11.3 Å². The van der Waals surface area contributed by atoms with Gasteiger partial charge in [-0.1, -0.05) is 12.1 Å². The largest absolute Gasteiger partial charge is 0.465 e. The van der Waals surface area contributed by atoms with Crippen LogP contribution in [0.5, 0.6) is 0 Å². The first-order valence-electron chi connectivity index (χ1n) is 9.74. The van der Waals surface area contributed by atoms with Crippen molar-refractivity contribution in [2.45, 2.75) is 25.8 Å². The van der Waals surface area contributed by atoms with E-state index < -0.39 is 6.09 Å². The third-order valence-corrected chi connectivity index (χ3v) is 6.92. The number of aryl methyl sites for hydroxylation is 1. The van der Waals surface area contributed by atoms with Crippen molar-refractivity contribution in [2.24, 2.45) is 0 Å². The molecule has 2 aliphatic rings. The number of likely N-dealkylation sites (tertiary alicyclic amines) is 1. The van der Waals surface area contributed by atoms with Gasteiger partial charge in [0, 0.05) is 55.4 Å². The Bertz CT molecular complexity index is 896. The Balaban J connectivity index is 1.40. The Labute approximate surface area is 168 Å². The number of hydrogen-bond acceptors (Lipinski definition) is 5. The topological polar surface area (TPSA) is 90.1 Å². The van der Waals surface area contributed by atoms with Gasteiger partial charge in [-0.2, -0.15) is 0 Å². The summed E-state index contributed by atoms with van der Waals surface area (Å²) >= 11 is 1.48. The molecule has 150 valence electrons. The van der Waals surface area contributed by atoms with Crippen LogP contribution in [-0.2, 0) is 0 Å². The van der Waals surface area contributed by atoms with E-state index in [0.29, 0.717) is 42.8 Å². The first-order chi connectivity index (χ1) is 13.4. The predicted octanol–water partition coefficient (Wildman–Crippen LogP) is 2.69. The first kappa shape index (κ1) is 19.0. The Morgan fingerprint density at radius 3 is 2.39 bits per heavy atom. The maximum Gasteiger partial charge on any atom is 0.407 e. The summed E-state index contributed by atoms with van der Waals surface area (Å²) in [7, 11) is 0. The molecular weight excluding hydrogens is 376 g/mol. The van der Waals surface area contributed by atoms with Gasteiger partial charge in [0.05, 0.1) is 10.6 Å². The minimum absolute atomic E-state index is 0.0212. The lowest BCUT2D eigenvalue weighted by atomic mass is 10.0. The number of rotatable bonds is 2. The number of hydrogen-bond donors (Lipinski definition) is 2. The van der Waals surface area contributed by atoms with Gasteiger partial charge in [-0.25, -0.2) is 4.79 Å². The highest BCUT2D eigenvalue weighted by molar-refractivity contribution is 7.23. The Morgan fingerprint density at radius 2 is 1.75 bits per heavy atom. The average Bonchev–Trinajstić information content (AvgIpc) is 3.02. The number of nitrogens with two attached hydrogens (primary N) is 1. The van der Waals surface area contributed by atoms with Crippen molar-refractivity contribution in [1.82, 2.24) is 14.7 Å². The zero-order chi connectivity index (χ0) is 19.8. The van der Waals surface area contributed by atoms with Crippen LogP contribution in [0.1, 0.15) is 28.8 Å². The Morgan fingerprint density at radius 1 is 1.07 bits per heavy atom. The second-order valence-electron chi connectivity index (χ2n) is 7.67. The summed E-state index contributed by atoms with van der Waals surface area (Å²) in [6.45, 7) is 6.24. The number of thiophene rings is 1. The molecule has 0 saturated carbocycles. The highest BCUT2D eigenvalue weighted by atomic mass is 32.1. The number of nitrogen functional groups attached to an aromatic ring is 1. The van der Waals surface area contributed by atoms with Gasteiger partial charge in [0.15, 0.2) is 0 Å². The lowest BCUT2D eigenvalue weighted by molar-refractivity contribution is 0.0453. The number of piperidine rings is 1. The number of carboxylic acid groups (broad SMARTS) is 1. The second kappa shape index (κ2) is 7.60. The number of carbonyl (C=O) groups excluding carboxylic acids is 1. The first-order valence-corrected chi connectivity index (χ1v) is 10.6. The van der Waals surface area contributed by atoms with Crippen molar-refractivity contribution in [1.29, 1.82) is 0 Å². The minimum Gasteiger partial charge on any atom is -0.465 e. The molecule has 1 aromatic heterocycles. The molecule has 3 heterocycles. The van der Waals surface area contributed by atoms with E-state index in [4.69, 9.17) is 10.8 Å². The van der Waals surface area contributed by atoms with Crippen LogP contribution < -0.4 is 5.73 Å². The van der Waals surface area contributed by atoms with Crippen molar-refractivity contribution in [3.8, 4) is 0 Å². The van der Waals surface area contributed by atoms with Gasteiger partial charge in [-0.15, -0.1) is 11.3 Å². The zero-order valence-corrected chi connectivity index (χ0v) is 16.9. The summed E-state index contributed by atoms with van der Waals surface area (Å²) in [6, 6.07) is 6.50. The number of benzene rings is 1. The molecule has 0 unspecified atom stereocenters. The SMILES string of the molecule is Cc1ccc2c(C(=O)N3CCN(C4CCN(C(=O)O)CC4)CC3)c(N)sc2c1. The third-order valence-electron chi connectivity index (χ3n) is 5.94. The molecule has 0 bridgehead atoms. The molecule has 2 aliphatic heterocycles. The zero-order valence-electron chi connectivity index (χ0n) is 16.1. The number of carbonyl (C=O) groups is 2. The monoisotopic (exact) mass is 402 g/mol. The van der Waals surface area contributed by atoms with Gasteiger partial charge in [0.2, 0.25) is 0 Å². The lowest BCUT2D eigenvalue weighted by Gasteiger charge is -2.42. The molecule has 3 N–H and O–H groups in total. The van der Waals surface area contributed by atoms with Crippen LogP contribution in [0.25, 0.3) is 10.1 Å². The van der Waals surface area contributed by atoms with Gasteiger partial charge in [-0.05, 0) is 31.4 Å². The van der Waals surface area contributed by atoms with E-state index in [2.05, 4.69) is 11.0 Å². The number of anilines is 1. The molecule has 1 aromatic carbocycles. The number of fused-ring (bicyclic) bond motifs is 1. The van der Waals surface area contributed by atoms with E-state index in [1.54, 1.807) is 0 Å². The molecule has 0 spiro atoms. The smallest absolute Gasteiger partial charge is 0.407 e. The van der Waals surface area contributed by atoms with E-state index in [-0.39, 0.29) is 5.91 Å². The quantitative estimate of drug-likeness (QED) is 0.806. The van der Waals surface area contributed by atoms with Crippen molar-refractivity contribution in [3.05, 3.63) is 29.3 Å². The Hall–Kier alpha value is -2.32. The van der Waals surface area contributed by atoms with Crippen LogP contribution in [-0.4, -0.2) is 77.1 Å². The van der Waals surface area contributed by atoms with Crippen molar-refractivity contribution in [2.75, 3.05) is 45.0 Å². The fourth-order valence-electron chi connectivity index (χ4n) is 4.31. The third kappa shape index (κ3) is 3.54. The number of nitrogens with zero attached hydrogens (tertiary/aromatic N) is 3. The summed E-state index contributed by atoms with van der Waals surface area (Å²) in [6.07, 6.45) is 0.897. The van der Waals surface area contributed by atoms with E-state index >= 15 is 0 Å². The van der Waals surface area contributed by atoms with E-state index in [0.717, 1.165) is 41.6 Å². The van der Waals surface area contributed by atoms with Gasteiger partial charge in [-0.3, -0.25) is 9.69 Å². The molecule has 28 heavy (non-hydrogen) atoms. The summed E-state index contributed by atoms with van der Waals surface area (Å²) in [5, 5.41) is 10.6. The van der Waals surface area contributed by atoms with E-state index in [9.17, 15) is 9.59 Å². The molecule has 7 nitrogen and oxygen atoms in total. The van der Waals surface area contributed by atoms with Crippen molar-refractivity contribution < 1.29 is 14.7 Å². The summed E-state index contributed by atoms with van der Waals surface area (Å²) in [4.78, 5) is 30.0. The van der Waals surface area contributed by atoms with Crippen LogP contribution in [0.2, 0.25) is 0 Å². The van der Waals surface area contributed by atoms with Crippen LogP contribution in [0.4, 0.5) is 9.80 Å². The maximum atomic E-state index is 13.1. The van der Waals surface area contributed by atoms with Crippen LogP contribution in [0.3, 0.4) is 0 Å². The highest BCUT2D eigenvalue weighted by Crippen LogP contribution is 2.35. The normalized spacial score (nSPS) is 19.3. The standard InChI is InChI=1S/C20H26N4O3S/c1-13-2-3-15-16(12-13)28-18(21)17(15)19(25)23-10-8-22(9-11-23)14-4-6-24(7-5-14)20(26)27/h2-3,12,14H,4-11,21H2,1H3,(H,26,27). The van der Waals surface area contributed by atoms with Gasteiger partial charge < -0.3 is 20.6 Å². The molecule has 2 aromatic rings. The minimum atomic E-state index is -0.829. The highest BCUT2D eigenvalue weighted by Gasteiger charge is 2.31. The lowest BCUT2D eigenvalue weighted by Crippen LogP contribution is -2.54. The second-order valence-corrected chi connectivity index (χ2v) is 8.75. The molecular formula is C20H26N4O3S. The fourth-order valence-corrected chi connectivity index (χ4v) is 5.38. The number of amides is 2. The molecule has 8 heteroatoms. The van der Waals surface area contributed by atoms with Gasteiger partial charge in [0.25, 0.3) is 5.91 Å².